The molecule has 0 amide bonds. The summed E-state index contributed by atoms with van der Waals surface area (Å²) >= 11 is 0. The number of hydrogen-bond acceptors (Lipinski definition) is 6. The Balaban J connectivity index is 1.40. The number of rotatable bonds is 6. The number of benzene rings is 3. The van der Waals surface area contributed by atoms with Crippen molar-refractivity contribution >= 4 is 22.6 Å². The number of carbonyl (C=O) groups is 1. The first-order chi connectivity index (χ1) is 16.2. The number of ether oxygens (including phenoxy) is 2. The summed E-state index contributed by atoms with van der Waals surface area (Å²) in [6, 6.07) is 19.1. The third-order valence-corrected chi connectivity index (χ3v) is 5.57. The van der Waals surface area contributed by atoms with Crippen LogP contribution in [0, 0.1) is 5.82 Å². The number of fused-ring (bicyclic) bond motifs is 1. The van der Waals surface area contributed by atoms with E-state index in [-0.39, 0.29) is 17.9 Å². The van der Waals surface area contributed by atoms with Gasteiger partial charge in [0, 0.05) is 18.7 Å². The first-order valence-electron chi connectivity index (χ1n) is 10.8. The lowest BCUT2D eigenvalue weighted by atomic mass is 10.0. The Labute approximate surface area is 190 Å². The van der Waals surface area contributed by atoms with Crippen LogP contribution in [0.15, 0.2) is 72.9 Å². The van der Waals surface area contributed by atoms with Crippen LogP contribution in [-0.4, -0.2) is 42.1 Å². The van der Waals surface area contributed by atoms with Crippen molar-refractivity contribution in [3.05, 3.63) is 95.4 Å². The summed E-state index contributed by atoms with van der Waals surface area (Å²) in [5.41, 5.74) is 2.47. The van der Waals surface area contributed by atoms with Gasteiger partial charge in [0.2, 0.25) is 0 Å². The highest BCUT2D eigenvalue weighted by atomic mass is 19.1. The van der Waals surface area contributed by atoms with E-state index in [9.17, 15) is 4.79 Å². The number of morpholine rings is 1. The monoisotopic (exact) mass is 443 g/mol. The average molecular weight is 443 g/mol. The minimum atomic E-state index is -0.674. The normalized spacial score (nSPS) is 13.8. The van der Waals surface area contributed by atoms with Crippen LogP contribution >= 0.6 is 0 Å². The summed E-state index contributed by atoms with van der Waals surface area (Å²) < 4.78 is 26.2. The summed E-state index contributed by atoms with van der Waals surface area (Å²) in [5.74, 6) is -0.331. The smallest absolute Gasteiger partial charge is 0.196 e. The molecule has 1 fully saturated rings. The Kier molecular flexibility index (Phi) is 5.95. The lowest BCUT2D eigenvalue weighted by molar-refractivity contribution is 0.103. The molecule has 0 radical (unpaired) electrons. The molecule has 1 aliphatic heterocycles. The van der Waals surface area contributed by atoms with Crippen molar-refractivity contribution in [2.45, 2.75) is 6.61 Å². The van der Waals surface area contributed by atoms with E-state index >= 15 is 4.39 Å². The van der Waals surface area contributed by atoms with E-state index in [1.165, 1.54) is 12.1 Å². The van der Waals surface area contributed by atoms with Crippen molar-refractivity contribution in [1.82, 2.24) is 9.97 Å². The molecule has 0 N–H and O–H groups in total. The fraction of sp³-hybridized carbons (Fsp3) is 0.192. The Bertz CT molecular complexity index is 1290. The molecule has 33 heavy (non-hydrogen) atoms. The topological polar surface area (TPSA) is 64.6 Å². The zero-order valence-electron chi connectivity index (χ0n) is 17.9. The van der Waals surface area contributed by atoms with Crippen molar-refractivity contribution in [2.24, 2.45) is 0 Å². The molecule has 1 saturated heterocycles. The largest absolute Gasteiger partial charge is 0.486 e. The number of halogens is 1. The van der Waals surface area contributed by atoms with Gasteiger partial charge >= 0.3 is 0 Å². The van der Waals surface area contributed by atoms with Crippen LogP contribution in [0.25, 0.3) is 11.0 Å². The highest BCUT2D eigenvalue weighted by Crippen LogP contribution is 2.25. The Morgan fingerprint density at radius 2 is 1.82 bits per heavy atom. The molecule has 0 spiro atoms. The second-order valence-corrected chi connectivity index (χ2v) is 7.75. The van der Waals surface area contributed by atoms with Gasteiger partial charge in [-0.2, -0.15) is 0 Å². The predicted molar refractivity (Wildman–Crippen MR) is 123 cm³/mol. The highest BCUT2D eigenvalue weighted by Gasteiger charge is 2.19. The second-order valence-electron chi connectivity index (χ2n) is 7.75. The third-order valence-electron chi connectivity index (χ3n) is 5.57. The van der Waals surface area contributed by atoms with E-state index in [1.807, 2.05) is 30.3 Å². The average Bonchev–Trinajstić information content (AvgIpc) is 2.88. The number of aromatic nitrogens is 2. The van der Waals surface area contributed by atoms with Gasteiger partial charge in [-0.15, -0.1) is 0 Å². The number of anilines is 1. The first-order valence-corrected chi connectivity index (χ1v) is 10.8. The van der Waals surface area contributed by atoms with Gasteiger partial charge in [-0.05, 0) is 35.9 Å². The van der Waals surface area contributed by atoms with Gasteiger partial charge in [-0.25, -0.2) is 9.37 Å². The van der Waals surface area contributed by atoms with Crippen LogP contribution in [0.2, 0.25) is 0 Å². The van der Waals surface area contributed by atoms with Crippen molar-refractivity contribution in [3.63, 3.8) is 0 Å². The maximum atomic E-state index is 15.1. The van der Waals surface area contributed by atoms with Crippen LogP contribution < -0.4 is 9.64 Å². The van der Waals surface area contributed by atoms with E-state index in [0.29, 0.717) is 29.8 Å². The van der Waals surface area contributed by atoms with Crippen LogP contribution in [0.1, 0.15) is 21.5 Å². The lowest BCUT2D eigenvalue weighted by Crippen LogP contribution is -2.36. The van der Waals surface area contributed by atoms with Gasteiger partial charge in [-0.3, -0.25) is 9.78 Å². The molecule has 0 unspecified atom stereocenters. The quantitative estimate of drug-likeness (QED) is 0.411. The minimum absolute atomic E-state index is 0.0416. The summed E-state index contributed by atoms with van der Waals surface area (Å²) in [5, 5.41) is 0. The van der Waals surface area contributed by atoms with Crippen molar-refractivity contribution in [3.8, 4) is 5.75 Å². The maximum Gasteiger partial charge on any atom is 0.196 e. The molecule has 4 aromatic rings. The molecule has 5 rings (SSSR count). The van der Waals surface area contributed by atoms with Gasteiger partial charge in [-0.1, -0.05) is 36.4 Å². The van der Waals surface area contributed by atoms with Crippen LogP contribution in [-0.2, 0) is 11.3 Å². The van der Waals surface area contributed by atoms with E-state index < -0.39 is 11.6 Å². The Morgan fingerprint density at radius 3 is 2.64 bits per heavy atom. The fourth-order valence-corrected chi connectivity index (χ4v) is 3.78. The predicted octanol–water partition coefficient (Wildman–Crippen LogP) is 4.42. The maximum absolute atomic E-state index is 15.1. The molecule has 166 valence electrons. The molecule has 6 nitrogen and oxygen atoms in total. The third kappa shape index (κ3) is 4.54. The molecule has 0 atom stereocenters. The molecule has 3 aromatic carbocycles. The number of hydrogen-bond donors (Lipinski definition) is 0. The molecular weight excluding hydrogens is 421 g/mol. The van der Waals surface area contributed by atoms with Gasteiger partial charge in [0.05, 0.1) is 36.0 Å². The van der Waals surface area contributed by atoms with Crippen molar-refractivity contribution in [2.75, 3.05) is 31.2 Å². The Morgan fingerprint density at radius 1 is 1.00 bits per heavy atom. The van der Waals surface area contributed by atoms with Crippen molar-refractivity contribution in [1.29, 1.82) is 0 Å². The van der Waals surface area contributed by atoms with Gasteiger partial charge in [0.25, 0.3) is 0 Å². The lowest BCUT2D eigenvalue weighted by Gasteiger charge is -2.27. The summed E-state index contributed by atoms with van der Waals surface area (Å²) in [6.07, 6.45) is 1.72. The first kappa shape index (κ1) is 21.0. The minimum Gasteiger partial charge on any atom is -0.486 e. The zero-order chi connectivity index (χ0) is 22.6. The molecular formula is C26H22FN3O3. The molecule has 7 heteroatoms. The van der Waals surface area contributed by atoms with E-state index in [1.54, 1.807) is 30.5 Å². The molecule has 0 aliphatic carbocycles. The van der Waals surface area contributed by atoms with Gasteiger partial charge < -0.3 is 14.4 Å². The van der Waals surface area contributed by atoms with Crippen LogP contribution in [0.4, 0.5) is 10.2 Å². The number of carbonyl (C=O) groups excluding carboxylic acids is 1. The molecule has 0 saturated carbocycles. The standard InChI is InChI=1S/C26H22FN3O3/c27-25-20(7-4-8-23(25)33-17-18-5-2-1-3-6-18)26(31)19-9-10-21-22(15-19)29-24(16-28-21)30-11-13-32-14-12-30/h1-10,15-16H,11-14,17H2. The SMILES string of the molecule is O=C(c1ccc2ncc(N3CCOCC3)nc2c1)c1cccc(OCc2ccccc2)c1F. The fourth-order valence-electron chi connectivity index (χ4n) is 3.78. The zero-order valence-corrected chi connectivity index (χ0v) is 17.9. The summed E-state index contributed by atoms with van der Waals surface area (Å²) in [7, 11) is 0. The van der Waals surface area contributed by atoms with Crippen LogP contribution in [0.5, 0.6) is 5.75 Å². The number of nitrogens with zero attached hydrogens (tertiary/aromatic N) is 3. The number of ketones is 1. The molecule has 1 aromatic heterocycles. The summed E-state index contributed by atoms with van der Waals surface area (Å²) in [6.45, 7) is 2.96. The summed E-state index contributed by atoms with van der Waals surface area (Å²) in [4.78, 5) is 24.4. The molecule has 0 bridgehead atoms. The molecule has 2 heterocycles. The van der Waals surface area contributed by atoms with Gasteiger partial charge in [0.15, 0.2) is 17.3 Å². The van der Waals surface area contributed by atoms with E-state index in [4.69, 9.17) is 9.47 Å². The van der Waals surface area contributed by atoms with E-state index in [0.717, 1.165) is 24.5 Å². The van der Waals surface area contributed by atoms with E-state index in [2.05, 4.69) is 14.9 Å². The van der Waals surface area contributed by atoms with Crippen molar-refractivity contribution < 1.29 is 18.7 Å². The van der Waals surface area contributed by atoms with Crippen LogP contribution in [0.3, 0.4) is 0 Å². The van der Waals surface area contributed by atoms with Gasteiger partial charge in [0.1, 0.15) is 12.4 Å². The second kappa shape index (κ2) is 9.34. The highest BCUT2D eigenvalue weighted by molar-refractivity contribution is 6.10. The Hall–Kier alpha value is -3.84. The molecule has 1 aliphatic rings.